The van der Waals surface area contributed by atoms with Crippen molar-refractivity contribution in [1.82, 2.24) is 9.78 Å². The SMILES string of the molecule is [C-]#[N+]C1C[C@]2(C)c3nn(C)c(C(N)=O)c3CC[C@H]2C(C)(C)C1=O. The normalized spacial score (nSPS) is 31.9. The van der Waals surface area contributed by atoms with Crippen molar-refractivity contribution >= 4 is 11.7 Å². The van der Waals surface area contributed by atoms with E-state index in [1.54, 1.807) is 11.7 Å². The molecular weight excluding hydrogens is 292 g/mol. The first-order valence-corrected chi connectivity index (χ1v) is 7.91. The van der Waals surface area contributed by atoms with Crippen molar-refractivity contribution in [3.05, 3.63) is 28.4 Å². The van der Waals surface area contributed by atoms with Crippen LogP contribution in [-0.4, -0.2) is 27.5 Å². The van der Waals surface area contributed by atoms with Gasteiger partial charge in [0.2, 0.25) is 5.78 Å². The van der Waals surface area contributed by atoms with Crippen LogP contribution in [0.15, 0.2) is 0 Å². The summed E-state index contributed by atoms with van der Waals surface area (Å²) < 4.78 is 1.55. The highest BCUT2D eigenvalue weighted by Gasteiger charge is 2.61. The number of Topliss-reactive ketones (excluding diaryl/α,β-unsaturated/α-hetero) is 1. The highest BCUT2D eigenvalue weighted by molar-refractivity contribution is 5.94. The number of hydrogen-bond acceptors (Lipinski definition) is 3. The van der Waals surface area contributed by atoms with Gasteiger partial charge in [0.25, 0.3) is 11.9 Å². The zero-order chi connectivity index (χ0) is 17.2. The summed E-state index contributed by atoms with van der Waals surface area (Å²) in [5.74, 6) is -0.329. The van der Waals surface area contributed by atoms with Gasteiger partial charge in [-0.3, -0.25) is 14.3 Å². The first-order chi connectivity index (χ1) is 10.6. The van der Waals surface area contributed by atoms with E-state index in [-0.39, 0.29) is 17.1 Å². The number of rotatable bonds is 1. The van der Waals surface area contributed by atoms with Gasteiger partial charge in [0.15, 0.2) is 0 Å². The molecule has 2 N–H and O–H groups in total. The van der Waals surface area contributed by atoms with Gasteiger partial charge in [-0.1, -0.05) is 20.8 Å². The van der Waals surface area contributed by atoms with Gasteiger partial charge in [-0.2, -0.15) is 5.10 Å². The molecule has 0 aliphatic heterocycles. The van der Waals surface area contributed by atoms with Crippen molar-refractivity contribution in [2.45, 2.75) is 51.5 Å². The van der Waals surface area contributed by atoms with Crippen molar-refractivity contribution < 1.29 is 9.59 Å². The van der Waals surface area contributed by atoms with Gasteiger partial charge in [0, 0.05) is 29.9 Å². The fourth-order valence-electron chi connectivity index (χ4n) is 4.94. The highest BCUT2D eigenvalue weighted by atomic mass is 16.1. The minimum Gasteiger partial charge on any atom is -0.364 e. The summed E-state index contributed by atoms with van der Waals surface area (Å²) in [5.41, 5.74) is 6.77. The lowest BCUT2D eigenvalue weighted by Gasteiger charge is -2.51. The standard InChI is InChI=1S/C17H22N4O2/c1-16(2)11-7-6-9-12(15(18)23)21(5)20-13(9)17(11,3)8-10(19-4)14(16)22/h10-11H,6-8H2,1-3,5H3,(H2,18,23)/t10?,11-,17-/m0/s1. The van der Waals surface area contributed by atoms with Crippen LogP contribution in [0.1, 0.15) is 55.4 Å². The molecule has 3 rings (SSSR count). The molecular formula is C17H22N4O2. The van der Waals surface area contributed by atoms with E-state index in [1.807, 2.05) is 13.8 Å². The van der Waals surface area contributed by atoms with Crippen LogP contribution in [0.3, 0.4) is 0 Å². The van der Waals surface area contributed by atoms with Gasteiger partial charge in [0.1, 0.15) is 5.69 Å². The molecule has 0 bridgehead atoms. The Kier molecular flexibility index (Phi) is 3.19. The number of amides is 1. The Labute approximate surface area is 135 Å². The molecule has 1 fully saturated rings. The molecule has 1 aromatic rings. The van der Waals surface area contributed by atoms with E-state index in [0.29, 0.717) is 18.5 Å². The number of hydrogen-bond donors (Lipinski definition) is 1. The van der Waals surface area contributed by atoms with E-state index in [2.05, 4.69) is 16.9 Å². The third kappa shape index (κ3) is 1.89. The number of primary amides is 1. The summed E-state index contributed by atoms with van der Waals surface area (Å²) >= 11 is 0. The quantitative estimate of drug-likeness (QED) is 0.800. The maximum Gasteiger partial charge on any atom is 0.282 e. The summed E-state index contributed by atoms with van der Waals surface area (Å²) in [6.45, 7) is 13.4. The van der Waals surface area contributed by atoms with Gasteiger partial charge >= 0.3 is 0 Å². The van der Waals surface area contributed by atoms with Crippen LogP contribution < -0.4 is 5.73 Å². The molecule has 2 aliphatic rings. The van der Waals surface area contributed by atoms with Crippen LogP contribution in [0.2, 0.25) is 0 Å². The lowest BCUT2D eigenvalue weighted by molar-refractivity contribution is -0.137. The molecule has 1 unspecified atom stereocenters. The monoisotopic (exact) mass is 314 g/mol. The topological polar surface area (TPSA) is 82.3 Å². The van der Waals surface area contributed by atoms with E-state index < -0.39 is 17.4 Å². The van der Waals surface area contributed by atoms with Gasteiger partial charge in [-0.25, -0.2) is 6.57 Å². The van der Waals surface area contributed by atoms with Crippen LogP contribution in [-0.2, 0) is 23.7 Å². The van der Waals surface area contributed by atoms with Crippen molar-refractivity contribution in [2.75, 3.05) is 0 Å². The zero-order valence-electron chi connectivity index (χ0n) is 14.0. The molecule has 0 aromatic carbocycles. The summed E-state index contributed by atoms with van der Waals surface area (Å²) in [4.78, 5) is 28.0. The number of aryl methyl sites for hydroxylation is 1. The summed E-state index contributed by atoms with van der Waals surface area (Å²) in [7, 11) is 1.72. The van der Waals surface area contributed by atoms with E-state index in [1.165, 1.54) is 0 Å². The maximum absolute atomic E-state index is 12.7. The molecule has 0 spiro atoms. The molecule has 0 radical (unpaired) electrons. The summed E-state index contributed by atoms with van der Waals surface area (Å²) in [6.07, 6.45) is 1.96. The Balaban J connectivity index is 2.21. The Bertz CT molecular complexity index is 755. The van der Waals surface area contributed by atoms with Crippen LogP contribution in [0.25, 0.3) is 4.85 Å². The van der Waals surface area contributed by atoms with E-state index in [0.717, 1.165) is 17.7 Å². The number of ketones is 1. The molecule has 6 heteroatoms. The lowest BCUT2D eigenvalue weighted by atomic mass is 9.50. The largest absolute Gasteiger partial charge is 0.364 e. The van der Waals surface area contributed by atoms with Crippen molar-refractivity contribution in [1.29, 1.82) is 0 Å². The number of nitrogens with zero attached hydrogens (tertiary/aromatic N) is 3. The fraction of sp³-hybridized carbons (Fsp3) is 0.647. The van der Waals surface area contributed by atoms with Crippen molar-refractivity contribution in [3.63, 3.8) is 0 Å². The van der Waals surface area contributed by atoms with Gasteiger partial charge in [-0.05, 0) is 18.8 Å². The molecule has 23 heavy (non-hydrogen) atoms. The molecule has 1 amide bonds. The van der Waals surface area contributed by atoms with Crippen LogP contribution in [0, 0.1) is 17.9 Å². The molecule has 2 aliphatic carbocycles. The third-order valence-corrected chi connectivity index (χ3v) is 5.95. The fourth-order valence-corrected chi connectivity index (χ4v) is 4.94. The second-order valence-electron chi connectivity index (χ2n) is 7.61. The number of carbonyl (C=O) groups excluding carboxylic acids is 2. The van der Waals surface area contributed by atoms with Gasteiger partial charge in [-0.15, -0.1) is 0 Å². The summed E-state index contributed by atoms with van der Waals surface area (Å²) in [6, 6.07) is -0.642. The molecule has 122 valence electrons. The minimum absolute atomic E-state index is 0.0319. The first-order valence-electron chi connectivity index (χ1n) is 7.91. The van der Waals surface area contributed by atoms with Crippen LogP contribution in [0.4, 0.5) is 0 Å². The average Bonchev–Trinajstić information content (AvgIpc) is 2.80. The Hall–Kier alpha value is -2.16. The zero-order valence-corrected chi connectivity index (χ0v) is 14.0. The average molecular weight is 314 g/mol. The van der Waals surface area contributed by atoms with Crippen molar-refractivity contribution in [3.8, 4) is 0 Å². The number of fused-ring (bicyclic) bond motifs is 3. The second kappa shape index (κ2) is 4.67. The maximum atomic E-state index is 12.7. The molecule has 1 aromatic heterocycles. The van der Waals surface area contributed by atoms with Gasteiger partial charge in [0.05, 0.1) is 5.69 Å². The van der Waals surface area contributed by atoms with Crippen LogP contribution >= 0.6 is 0 Å². The molecule has 1 saturated carbocycles. The highest BCUT2D eigenvalue weighted by Crippen LogP contribution is 2.56. The van der Waals surface area contributed by atoms with Gasteiger partial charge < -0.3 is 10.6 Å². The number of nitrogens with two attached hydrogens (primary N) is 1. The second-order valence-corrected chi connectivity index (χ2v) is 7.61. The molecule has 0 saturated heterocycles. The van der Waals surface area contributed by atoms with E-state index in [4.69, 9.17) is 12.3 Å². The molecule has 1 heterocycles. The minimum atomic E-state index is -0.642. The predicted molar refractivity (Wildman–Crippen MR) is 84.7 cm³/mol. The predicted octanol–water partition coefficient (Wildman–Crippen LogP) is 1.63. The first kappa shape index (κ1) is 15.7. The third-order valence-electron chi connectivity index (χ3n) is 5.95. The number of aromatic nitrogens is 2. The Morgan fingerprint density at radius 1 is 1.43 bits per heavy atom. The van der Waals surface area contributed by atoms with E-state index >= 15 is 0 Å². The number of carbonyl (C=O) groups is 2. The van der Waals surface area contributed by atoms with E-state index in [9.17, 15) is 9.59 Å². The smallest absolute Gasteiger partial charge is 0.282 e. The molecule has 6 nitrogen and oxygen atoms in total. The lowest BCUT2D eigenvalue weighted by Crippen LogP contribution is -2.56. The van der Waals surface area contributed by atoms with Crippen LogP contribution in [0.5, 0.6) is 0 Å². The van der Waals surface area contributed by atoms with Crippen molar-refractivity contribution in [2.24, 2.45) is 24.1 Å². The summed E-state index contributed by atoms with van der Waals surface area (Å²) in [5, 5.41) is 4.59. The molecule has 3 atom stereocenters. The Morgan fingerprint density at radius 3 is 2.65 bits per heavy atom. The Morgan fingerprint density at radius 2 is 2.09 bits per heavy atom.